The molecule has 0 unspecified atom stereocenters. The lowest BCUT2D eigenvalue weighted by Gasteiger charge is -2.25. The van der Waals surface area contributed by atoms with Crippen LogP contribution in [-0.2, 0) is 30.3 Å². The van der Waals surface area contributed by atoms with E-state index in [1.807, 2.05) is 30.3 Å². The summed E-state index contributed by atoms with van der Waals surface area (Å²) >= 11 is 0. The van der Waals surface area contributed by atoms with Crippen molar-refractivity contribution in [1.82, 2.24) is 5.32 Å². The smallest absolute Gasteiger partial charge is 0.408 e. The summed E-state index contributed by atoms with van der Waals surface area (Å²) in [6, 6.07) is 9.27. The maximum absolute atomic E-state index is 12.1. The Morgan fingerprint density at radius 2 is 1.93 bits per heavy atom. The minimum Gasteiger partial charge on any atom is -0.466 e. The summed E-state index contributed by atoms with van der Waals surface area (Å²) < 4.78 is 22.1. The van der Waals surface area contributed by atoms with Gasteiger partial charge < -0.3 is 24.3 Å². The number of amides is 1. The molecule has 1 aromatic carbocycles. The van der Waals surface area contributed by atoms with Crippen LogP contribution in [-0.4, -0.2) is 49.1 Å². The molecule has 0 radical (unpaired) electrons. The van der Waals surface area contributed by atoms with E-state index in [0.717, 1.165) is 5.56 Å². The fourth-order valence-corrected chi connectivity index (χ4v) is 2.81. The van der Waals surface area contributed by atoms with Crippen LogP contribution in [0.5, 0.6) is 0 Å². The van der Waals surface area contributed by atoms with Crippen molar-refractivity contribution >= 4 is 12.1 Å². The first-order valence-corrected chi connectivity index (χ1v) is 9.20. The van der Waals surface area contributed by atoms with E-state index in [0.29, 0.717) is 13.2 Å². The highest BCUT2D eigenvalue weighted by Crippen LogP contribution is 2.23. The summed E-state index contributed by atoms with van der Waals surface area (Å²) in [5, 5.41) is 2.79. The van der Waals surface area contributed by atoms with Gasteiger partial charge in [0.15, 0.2) is 0 Å². The summed E-state index contributed by atoms with van der Waals surface area (Å²) in [7, 11) is 0. The number of benzene rings is 1. The van der Waals surface area contributed by atoms with Crippen molar-refractivity contribution in [2.24, 2.45) is 0 Å². The van der Waals surface area contributed by atoms with Crippen molar-refractivity contribution in [1.29, 1.82) is 0 Å². The Kier molecular flexibility index (Phi) is 7.62. The third kappa shape index (κ3) is 7.19. The quantitative estimate of drug-likeness (QED) is 0.734. The van der Waals surface area contributed by atoms with Gasteiger partial charge in [-0.2, -0.15) is 0 Å². The van der Waals surface area contributed by atoms with Gasteiger partial charge >= 0.3 is 12.1 Å². The molecule has 0 saturated carbocycles. The summed E-state index contributed by atoms with van der Waals surface area (Å²) in [5.74, 6) is -0.353. The molecule has 1 heterocycles. The van der Waals surface area contributed by atoms with E-state index >= 15 is 0 Å². The van der Waals surface area contributed by atoms with Crippen LogP contribution in [0.2, 0.25) is 0 Å². The van der Waals surface area contributed by atoms with Gasteiger partial charge in [0.2, 0.25) is 0 Å². The van der Waals surface area contributed by atoms with E-state index in [4.69, 9.17) is 18.9 Å². The molecule has 0 bridgehead atoms. The maximum Gasteiger partial charge on any atom is 0.408 e. The third-order valence-electron chi connectivity index (χ3n) is 3.91. The standard InChI is InChI=1S/C20H29NO6/c1-5-24-17(22)11-16-18(26-12-14-9-7-6-8-10-14)15(13-25-16)21-19(23)27-20(2,3)4/h6-10,15-16,18H,5,11-13H2,1-4H3,(H,21,23)/t15-,16+,18-/m0/s1. The Morgan fingerprint density at radius 1 is 1.22 bits per heavy atom. The first-order chi connectivity index (χ1) is 12.8. The van der Waals surface area contributed by atoms with E-state index in [1.165, 1.54) is 0 Å². The average molecular weight is 379 g/mol. The molecule has 1 aromatic rings. The fraction of sp³-hybridized carbons (Fsp3) is 0.600. The Bertz CT molecular complexity index is 613. The third-order valence-corrected chi connectivity index (χ3v) is 3.91. The first-order valence-electron chi connectivity index (χ1n) is 9.20. The molecular formula is C20H29NO6. The molecule has 7 nitrogen and oxygen atoms in total. The van der Waals surface area contributed by atoms with Crippen LogP contribution in [0.15, 0.2) is 30.3 Å². The molecule has 3 atom stereocenters. The van der Waals surface area contributed by atoms with Crippen LogP contribution in [0.4, 0.5) is 4.79 Å². The van der Waals surface area contributed by atoms with Gasteiger partial charge in [0.05, 0.1) is 38.4 Å². The van der Waals surface area contributed by atoms with Crippen molar-refractivity contribution < 1.29 is 28.5 Å². The topological polar surface area (TPSA) is 83.1 Å². The molecular weight excluding hydrogens is 350 g/mol. The Hall–Kier alpha value is -2.12. The fourth-order valence-electron chi connectivity index (χ4n) is 2.81. The SMILES string of the molecule is CCOC(=O)C[C@H]1OC[C@H](NC(=O)OC(C)(C)C)[C@@H]1OCc1ccccc1. The predicted octanol–water partition coefficient (Wildman–Crippen LogP) is 2.82. The molecule has 1 fully saturated rings. The monoisotopic (exact) mass is 379 g/mol. The van der Waals surface area contributed by atoms with Crippen LogP contribution >= 0.6 is 0 Å². The summed E-state index contributed by atoms with van der Waals surface area (Å²) in [4.78, 5) is 24.0. The maximum atomic E-state index is 12.1. The van der Waals surface area contributed by atoms with E-state index in [2.05, 4.69) is 5.32 Å². The summed E-state index contributed by atoms with van der Waals surface area (Å²) in [6.45, 7) is 8.04. The van der Waals surface area contributed by atoms with E-state index in [-0.39, 0.29) is 19.0 Å². The van der Waals surface area contributed by atoms with Crippen molar-refractivity contribution in [2.75, 3.05) is 13.2 Å². The van der Waals surface area contributed by atoms with Gasteiger partial charge in [-0.25, -0.2) is 4.79 Å². The van der Waals surface area contributed by atoms with Gasteiger partial charge in [0.25, 0.3) is 0 Å². The minimum absolute atomic E-state index is 0.0692. The zero-order chi connectivity index (χ0) is 19.9. The molecule has 1 amide bonds. The molecule has 1 saturated heterocycles. The molecule has 7 heteroatoms. The van der Waals surface area contributed by atoms with Crippen molar-refractivity contribution in [3.8, 4) is 0 Å². The van der Waals surface area contributed by atoms with Crippen LogP contribution in [0, 0.1) is 0 Å². The first kappa shape index (κ1) is 21.2. The van der Waals surface area contributed by atoms with Crippen LogP contribution in [0.25, 0.3) is 0 Å². The summed E-state index contributed by atoms with van der Waals surface area (Å²) in [5.41, 5.74) is 0.393. The van der Waals surface area contributed by atoms with Gasteiger partial charge in [-0.1, -0.05) is 30.3 Å². The second kappa shape index (κ2) is 9.71. The van der Waals surface area contributed by atoms with Gasteiger partial charge in [0.1, 0.15) is 11.7 Å². The molecule has 1 N–H and O–H groups in total. The number of esters is 1. The normalized spacial score (nSPS) is 22.3. The molecule has 1 aliphatic rings. The van der Waals surface area contributed by atoms with Gasteiger partial charge in [0, 0.05) is 0 Å². The van der Waals surface area contributed by atoms with E-state index in [9.17, 15) is 9.59 Å². The van der Waals surface area contributed by atoms with Gasteiger partial charge in [-0.05, 0) is 33.3 Å². The lowest BCUT2D eigenvalue weighted by atomic mass is 10.1. The molecule has 1 aliphatic heterocycles. The highest BCUT2D eigenvalue weighted by molar-refractivity contribution is 5.70. The highest BCUT2D eigenvalue weighted by atomic mass is 16.6. The number of nitrogens with one attached hydrogen (secondary N) is 1. The van der Waals surface area contributed by atoms with Crippen molar-refractivity contribution in [3.63, 3.8) is 0 Å². The number of hydrogen-bond donors (Lipinski definition) is 1. The summed E-state index contributed by atoms with van der Waals surface area (Å²) in [6.07, 6.45) is -1.45. The number of hydrogen-bond acceptors (Lipinski definition) is 6. The molecule has 0 aliphatic carbocycles. The molecule has 0 aromatic heterocycles. The Labute approximate surface area is 160 Å². The Balaban J connectivity index is 2.02. The highest BCUT2D eigenvalue weighted by Gasteiger charge is 2.41. The molecule has 150 valence electrons. The number of carbonyl (C=O) groups excluding carboxylic acids is 2. The predicted molar refractivity (Wildman–Crippen MR) is 99.2 cm³/mol. The zero-order valence-corrected chi connectivity index (χ0v) is 16.4. The van der Waals surface area contributed by atoms with Crippen molar-refractivity contribution in [2.45, 2.75) is 64.6 Å². The number of ether oxygens (including phenoxy) is 4. The minimum atomic E-state index is -0.603. The largest absolute Gasteiger partial charge is 0.466 e. The van der Waals surface area contributed by atoms with E-state index in [1.54, 1.807) is 27.7 Å². The van der Waals surface area contributed by atoms with Gasteiger partial charge in [-0.3, -0.25) is 4.79 Å². The van der Waals surface area contributed by atoms with Gasteiger partial charge in [-0.15, -0.1) is 0 Å². The van der Waals surface area contributed by atoms with Crippen LogP contribution < -0.4 is 5.32 Å². The second-order valence-corrected chi connectivity index (χ2v) is 7.39. The zero-order valence-electron chi connectivity index (χ0n) is 16.4. The molecule has 27 heavy (non-hydrogen) atoms. The molecule has 2 rings (SSSR count). The Morgan fingerprint density at radius 3 is 2.56 bits per heavy atom. The average Bonchev–Trinajstić information content (AvgIpc) is 2.93. The molecule has 0 spiro atoms. The number of alkyl carbamates (subject to hydrolysis) is 1. The second-order valence-electron chi connectivity index (χ2n) is 7.39. The van der Waals surface area contributed by atoms with E-state index < -0.39 is 29.9 Å². The van der Waals surface area contributed by atoms with Crippen LogP contribution in [0.3, 0.4) is 0 Å². The lowest BCUT2D eigenvalue weighted by Crippen LogP contribution is -2.47. The van der Waals surface area contributed by atoms with Crippen molar-refractivity contribution in [3.05, 3.63) is 35.9 Å². The number of rotatable bonds is 7. The lowest BCUT2D eigenvalue weighted by molar-refractivity contribution is -0.147. The number of carbonyl (C=O) groups is 2. The van der Waals surface area contributed by atoms with Crippen LogP contribution in [0.1, 0.15) is 39.7 Å².